The highest BCUT2D eigenvalue weighted by molar-refractivity contribution is 6.30. The molecule has 0 amide bonds. The molecule has 2 rings (SSSR count). The predicted molar refractivity (Wildman–Crippen MR) is 71.4 cm³/mol. The minimum absolute atomic E-state index is 0.323. The van der Waals surface area contributed by atoms with Crippen molar-refractivity contribution in [2.45, 2.75) is 44.9 Å². The van der Waals surface area contributed by atoms with Crippen molar-refractivity contribution in [3.05, 3.63) is 28.8 Å². The Morgan fingerprint density at radius 2 is 1.94 bits per heavy atom. The molecule has 2 heteroatoms. The average molecular weight is 238 g/mol. The largest absolute Gasteiger partial charge is 0.384 e. The lowest BCUT2D eigenvalue weighted by Crippen LogP contribution is -2.28. The van der Waals surface area contributed by atoms with Gasteiger partial charge >= 0.3 is 0 Å². The van der Waals surface area contributed by atoms with E-state index in [9.17, 15) is 0 Å². The highest BCUT2D eigenvalue weighted by Gasteiger charge is 2.37. The van der Waals surface area contributed by atoms with Crippen molar-refractivity contribution in [2.75, 3.05) is 11.9 Å². The van der Waals surface area contributed by atoms with Gasteiger partial charge in [0.25, 0.3) is 0 Å². The normalized spacial score (nSPS) is 16.9. The molecule has 0 atom stereocenters. The van der Waals surface area contributed by atoms with Gasteiger partial charge in [-0.05, 0) is 36.6 Å². The van der Waals surface area contributed by atoms with Crippen LogP contribution in [0.2, 0.25) is 5.02 Å². The van der Waals surface area contributed by atoms with Gasteiger partial charge in [-0.25, -0.2) is 0 Å². The lowest BCUT2D eigenvalue weighted by molar-refractivity contribution is 0.391. The number of hydrogen-bond donors (Lipinski definition) is 1. The maximum Gasteiger partial charge on any atom is 0.0410 e. The molecule has 88 valence electrons. The van der Waals surface area contributed by atoms with Gasteiger partial charge in [-0.1, -0.05) is 38.3 Å². The van der Waals surface area contributed by atoms with Gasteiger partial charge in [-0.3, -0.25) is 0 Å². The predicted octanol–water partition coefficient (Wildman–Crippen LogP) is 4.60. The van der Waals surface area contributed by atoms with Gasteiger partial charge in [0.2, 0.25) is 0 Å². The highest BCUT2D eigenvalue weighted by atomic mass is 35.5. The second kappa shape index (κ2) is 4.67. The van der Waals surface area contributed by atoms with Crippen LogP contribution in [0.3, 0.4) is 0 Å². The molecule has 1 heterocycles. The van der Waals surface area contributed by atoms with E-state index in [1.54, 1.807) is 0 Å². The van der Waals surface area contributed by atoms with Crippen molar-refractivity contribution >= 4 is 17.3 Å². The Morgan fingerprint density at radius 3 is 2.56 bits per heavy atom. The minimum atomic E-state index is 0.323. The summed E-state index contributed by atoms with van der Waals surface area (Å²) < 4.78 is 0. The molecule has 1 N–H and O–H groups in total. The van der Waals surface area contributed by atoms with Gasteiger partial charge in [-0.2, -0.15) is 0 Å². The molecule has 0 bridgehead atoms. The first-order chi connectivity index (χ1) is 7.72. The van der Waals surface area contributed by atoms with Crippen LogP contribution in [0.15, 0.2) is 18.2 Å². The molecule has 1 aromatic rings. The summed E-state index contributed by atoms with van der Waals surface area (Å²) in [5, 5.41) is 4.39. The fraction of sp³-hybridized carbons (Fsp3) is 0.571. The van der Waals surface area contributed by atoms with Gasteiger partial charge in [-0.15, -0.1) is 0 Å². The zero-order chi connectivity index (χ0) is 11.6. The first-order valence-corrected chi connectivity index (χ1v) is 6.63. The van der Waals surface area contributed by atoms with Crippen LogP contribution in [0, 0.1) is 0 Å². The van der Waals surface area contributed by atoms with Crippen molar-refractivity contribution < 1.29 is 0 Å². The van der Waals surface area contributed by atoms with Crippen LogP contribution in [-0.2, 0) is 5.41 Å². The van der Waals surface area contributed by atoms with Crippen molar-refractivity contribution in [3.8, 4) is 0 Å². The molecular weight excluding hydrogens is 218 g/mol. The molecule has 0 radical (unpaired) electrons. The average Bonchev–Trinajstić information content (AvgIpc) is 2.59. The lowest BCUT2D eigenvalue weighted by Gasteiger charge is -2.28. The van der Waals surface area contributed by atoms with Gasteiger partial charge in [0.15, 0.2) is 0 Å². The molecule has 1 aliphatic rings. The molecule has 0 unspecified atom stereocenters. The second-order valence-electron chi connectivity index (χ2n) is 4.82. The quantitative estimate of drug-likeness (QED) is 0.807. The smallest absolute Gasteiger partial charge is 0.0410 e. The third-order valence-corrected chi connectivity index (χ3v) is 3.86. The third kappa shape index (κ3) is 1.93. The topological polar surface area (TPSA) is 12.0 Å². The summed E-state index contributed by atoms with van der Waals surface area (Å²) in [5.74, 6) is 0. The van der Waals surface area contributed by atoms with Crippen LogP contribution >= 0.6 is 11.6 Å². The molecule has 0 aromatic heterocycles. The van der Waals surface area contributed by atoms with E-state index in [1.807, 2.05) is 6.07 Å². The van der Waals surface area contributed by atoms with E-state index in [1.165, 1.54) is 36.9 Å². The Morgan fingerprint density at radius 1 is 1.25 bits per heavy atom. The summed E-state index contributed by atoms with van der Waals surface area (Å²) in [7, 11) is 0. The summed E-state index contributed by atoms with van der Waals surface area (Å²) in [6.07, 6.45) is 4.96. The maximum absolute atomic E-state index is 6.12. The first-order valence-electron chi connectivity index (χ1n) is 6.26. The SMILES string of the molecule is CCCC1(CCC)CNc2ccc(Cl)cc21. The van der Waals surface area contributed by atoms with E-state index in [-0.39, 0.29) is 0 Å². The van der Waals surface area contributed by atoms with Gasteiger partial charge in [0, 0.05) is 22.7 Å². The summed E-state index contributed by atoms with van der Waals surface area (Å²) >= 11 is 6.12. The zero-order valence-electron chi connectivity index (χ0n) is 10.1. The Kier molecular flexibility index (Phi) is 3.44. The Hall–Kier alpha value is -0.690. The Bertz CT molecular complexity index is 361. The maximum atomic E-state index is 6.12. The lowest BCUT2D eigenvalue weighted by atomic mass is 9.75. The van der Waals surface area contributed by atoms with Gasteiger partial charge in [0.1, 0.15) is 0 Å². The number of anilines is 1. The number of nitrogens with one attached hydrogen (secondary N) is 1. The summed E-state index contributed by atoms with van der Waals surface area (Å²) in [5.41, 5.74) is 3.04. The number of hydrogen-bond acceptors (Lipinski definition) is 1. The molecular formula is C14H20ClN. The van der Waals surface area contributed by atoms with Crippen molar-refractivity contribution in [1.29, 1.82) is 0 Å². The number of halogens is 1. The fourth-order valence-electron chi connectivity index (χ4n) is 3.00. The Labute approximate surface area is 103 Å². The molecule has 0 saturated carbocycles. The van der Waals surface area contributed by atoms with E-state index < -0.39 is 0 Å². The first kappa shape index (κ1) is 11.8. The zero-order valence-corrected chi connectivity index (χ0v) is 10.9. The molecule has 0 fully saturated rings. The summed E-state index contributed by atoms with van der Waals surface area (Å²) in [6, 6.07) is 6.24. The molecule has 1 aliphatic heterocycles. The number of fused-ring (bicyclic) bond motifs is 1. The molecule has 0 saturated heterocycles. The second-order valence-corrected chi connectivity index (χ2v) is 5.26. The van der Waals surface area contributed by atoms with E-state index in [4.69, 9.17) is 11.6 Å². The van der Waals surface area contributed by atoms with Crippen LogP contribution in [-0.4, -0.2) is 6.54 Å². The highest BCUT2D eigenvalue weighted by Crippen LogP contribution is 2.44. The summed E-state index contributed by atoms with van der Waals surface area (Å²) in [6.45, 7) is 5.60. The molecule has 0 aliphatic carbocycles. The molecule has 1 aromatic carbocycles. The summed E-state index contributed by atoms with van der Waals surface area (Å²) in [4.78, 5) is 0. The van der Waals surface area contributed by atoms with Gasteiger partial charge < -0.3 is 5.32 Å². The molecule has 16 heavy (non-hydrogen) atoms. The van der Waals surface area contributed by atoms with Crippen molar-refractivity contribution in [3.63, 3.8) is 0 Å². The fourth-order valence-corrected chi connectivity index (χ4v) is 3.17. The monoisotopic (exact) mass is 237 g/mol. The van der Waals surface area contributed by atoms with E-state index >= 15 is 0 Å². The van der Waals surface area contributed by atoms with Crippen LogP contribution in [0.25, 0.3) is 0 Å². The van der Waals surface area contributed by atoms with Crippen molar-refractivity contribution in [1.82, 2.24) is 0 Å². The van der Waals surface area contributed by atoms with Crippen LogP contribution in [0.1, 0.15) is 45.1 Å². The van der Waals surface area contributed by atoms with Crippen LogP contribution in [0.5, 0.6) is 0 Å². The number of benzene rings is 1. The third-order valence-electron chi connectivity index (χ3n) is 3.63. The van der Waals surface area contributed by atoms with Crippen LogP contribution < -0.4 is 5.32 Å². The standard InChI is InChI=1S/C14H20ClN/c1-3-7-14(8-4-2)10-16-13-6-5-11(15)9-12(13)14/h5-6,9,16H,3-4,7-8,10H2,1-2H3. The van der Waals surface area contributed by atoms with E-state index in [2.05, 4.69) is 31.3 Å². The minimum Gasteiger partial charge on any atom is -0.384 e. The number of rotatable bonds is 4. The van der Waals surface area contributed by atoms with E-state index in [0.717, 1.165) is 11.6 Å². The Balaban J connectivity index is 2.40. The van der Waals surface area contributed by atoms with Crippen LogP contribution in [0.4, 0.5) is 5.69 Å². The van der Waals surface area contributed by atoms with Crippen molar-refractivity contribution in [2.24, 2.45) is 0 Å². The molecule has 1 nitrogen and oxygen atoms in total. The van der Waals surface area contributed by atoms with E-state index in [0.29, 0.717) is 5.41 Å². The van der Waals surface area contributed by atoms with Gasteiger partial charge in [0.05, 0.1) is 0 Å². The molecule has 0 spiro atoms.